The minimum absolute atomic E-state index is 0.234. The lowest BCUT2D eigenvalue weighted by atomic mass is 9.93. The lowest BCUT2D eigenvalue weighted by molar-refractivity contribution is -0.252. The molecule has 3 rings (SSSR count). The van der Waals surface area contributed by atoms with E-state index in [2.05, 4.69) is 0 Å². The summed E-state index contributed by atoms with van der Waals surface area (Å²) in [5.41, 5.74) is 0. The minimum atomic E-state index is -1.31. The van der Waals surface area contributed by atoms with E-state index in [-0.39, 0.29) is 6.42 Å². The van der Waals surface area contributed by atoms with Crippen molar-refractivity contribution >= 4 is 29.7 Å². The van der Waals surface area contributed by atoms with Crippen LogP contribution in [0.5, 0.6) is 0 Å². The molecule has 2 N–H and O–H groups in total. The van der Waals surface area contributed by atoms with Crippen molar-refractivity contribution in [1.82, 2.24) is 0 Å². The van der Waals surface area contributed by atoms with Crippen LogP contribution in [-0.2, 0) is 33.4 Å². The number of carboxylic acids is 2. The van der Waals surface area contributed by atoms with Crippen molar-refractivity contribution in [3.8, 4) is 0 Å². The predicted octanol–water partition coefficient (Wildman–Crippen LogP) is 2.20. The number of Topliss-reactive ketones (excluding diaryl/α,β-unsaturated/α-hetero) is 1. The molecule has 0 aromatic heterocycles. The predicted molar refractivity (Wildman–Crippen MR) is 90.6 cm³/mol. The first-order chi connectivity index (χ1) is 12.7. The first kappa shape index (κ1) is 22.6. The number of aliphatic carboxylic acids is 2. The molecular weight excluding hydrogens is 360 g/mol. The lowest BCUT2D eigenvalue weighted by Crippen LogP contribution is -2.46. The maximum Gasteiger partial charge on any atom is 0.320 e. The summed E-state index contributed by atoms with van der Waals surface area (Å²) in [4.78, 5) is 51.4. The molecule has 0 atom stereocenters. The van der Waals surface area contributed by atoms with Gasteiger partial charge in [0, 0.05) is 25.7 Å². The number of carbonyl (C=O) groups excluding carboxylic acids is 3. The average Bonchev–Trinajstić information content (AvgIpc) is 2.55. The Bertz CT molecular complexity index is 523. The van der Waals surface area contributed by atoms with Crippen molar-refractivity contribution in [2.24, 2.45) is 0 Å². The van der Waals surface area contributed by atoms with Crippen molar-refractivity contribution in [3.05, 3.63) is 0 Å². The number of esters is 2. The largest absolute Gasteiger partial charge is 0.481 e. The quantitative estimate of drug-likeness (QED) is 0.539. The molecule has 9 heteroatoms. The number of rotatable bonds is 2. The van der Waals surface area contributed by atoms with E-state index in [0.717, 1.165) is 44.9 Å². The van der Waals surface area contributed by atoms with Crippen molar-refractivity contribution in [3.63, 3.8) is 0 Å². The van der Waals surface area contributed by atoms with Crippen LogP contribution in [0.2, 0.25) is 0 Å². The zero-order valence-electron chi connectivity index (χ0n) is 15.2. The van der Waals surface area contributed by atoms with Gasteiger partial charge in [-0.05, 0) is 25.7 Å². The van der Waals surface area contributed by atoms with Gasteiger partial charge in [-0.25, -0.2) is 0 Å². The van der Waals surface area contributed by atoms with Crippen molar-refractivity contribution in [1.29, 1.82) is 0 Å². The molecule has 3 fully saturated rings. The number of hydrogen-bond acceptors (Lipinski definition) is 7. The second-order valence-electron chi connectivity index (χ2n) is 6.66. The molecule has 1 heterocycles. The monoisotopic (exact) mass is 386 g/mol. The Hall–Kier alpha value is -2.45. The van der Waals surface area contributed by atoms with Gasteiger partial charge < -0.3 is 19.7 Å². The summed E-state index contributed by atoms with van der Waals surface area (Å²) >= 11 is 0. The molecule has 2 saturated carbocycles. The Morgan fingerprint density at radius 2 is 1.22 bits per heavy atom. The number of carboxylic acid groups (broad SMARTS) is 2. The van der Waals surface area contributed by atoms with Gasteiger partial charge in [0.2, 0.25) is 0 Å². The SMILES string of the molecule is O=C(O)CC(=O)O.O=C1CC(=O)OC2(CCCCC2)O1.O=C1CCCCC1. The van der Waals surface area contributed by atoms with Crippen molar-refractivity contribution in [2.45, 2.75) is 82.8 Å². The fourth-order valence-electron chi connectivity index (χ4n) is 3.00. The van der Waals surface area contributed by atoms with Crippen LogP contribution in [0.25, 0.3) is 0 Å². The van der Waals surface area contributed by atoms with E-state index < -0.39 is 36.1 Å². The van der Waals surface area contributed by atoms with Crippen LogP contribution in [0, 0.1) is 0 Å². The maximum atomic E-state index is 11.0. The van der Waals surface area contributed by atoms with E-state index in [9.17, 15) is 24.0 Å². The molecule has 152 valence electrons. The number of ether oxygens (including phenoxy) is 2. The fraction of sp³-hybridized carbons (Fsp3) is 0.722. The van der Waals surface area contributed by atoms with Crippen LogP contribution in [0.1, 0.15) is 77.0 Å². The summed E-state index contributed by atoms with van der Waals surface area (Å²) in [6, 6.07) is 0. The number of carbonyl (C=O) groups is 5. The highest BCUT2D eigenvalue weighted by molar-refractivity contribution is 5.93. The zero-order valence-corrected chi connectivity index (χ0v) is 15.2. The summed E-state index contributed by atoms with van der Waals surface area (Å²) in [5, 5.41) is 15.4. The van der Waals surface area contributed by atoms with Crippen LogP contribution in [0.4, 0.5) is 0 Å². The summed E-state index contributed by atoms with van der Waals surface area (Å²) in [7, 11) is 0. The van der Waals surface area contributed by atoms with Crippen molar-refractivity contribution in [2.75, 3.05) is 0 Å². The maximum absolute atomic E-state index is 11.0. The molecular formula is C18H26O9. The highest BCUT2D eigenvalue weighted by Gasteiger charge is 2.43. The molecule has 0 radical (unpaired) electrons. The number of ketones is 1. The zero-order chi connectivity index (χ0) is 20.3. The standard InChI is InChI=1S/C9H12O4.C6H10O.C3H4O4/c10-7-6-8(11)13-9(12-7)4-2-1-3-5-9;7-6-4-2-1-3-5-6;4-2(5)1-3(6)7/h1-6H2;1-5H2;1H2,(H,4,5)(H,6,7). The summed E-state index contributed by atoms with van der Waals surface area (Å²) in [6.45, 7) is 0. The van der Waals surface area contributed by atoms with Gasteiger partial charge in [-0.1, -0.05) is 12.8 Å². The average molecular weight is 386 g/mol. The van der Waals surface area contributed by atoms with Gasteiger partial charge >= 0.3 is 23.9 Å². The molecule has 0 amide bonds. The van der Waals surface area contributed by atoms with E-state index in [1.165, 1.54) is 6.42 Å². The van der Waals surface area contributed by atoms with Crippen LogP contribution in [-0.4, -0.2) is 45.7 Å². The van der Waals surface area contributed by atoms with E-state index in [1.54, 1.807) is 0 Å². The lowest BCUT2D eigenvalue weighted by Gasteiger charge is -2.38. The number of hydrogen-bond donors (Lipinski definition) is 2. The molecule has 3 aliphatic rings. The topological polar surface area (TPSA) is 144 Å². The molecule has 9 nitrogen and oxygen atoms in total. The molecule has 0 aromatic rings. The summed E-state index contributed by atoms with van der Waals surface area (Å²) in [6.07, 6.45) is 8.55. The molecule has 0 aromatic carbocycles. The van der Waals surface area contributed by atoms with Crippen LogP contribution in [0.3, 0.4) is 0 Å². The van der Waals surface area contributed by atoms with Gasteiger partial charge in [-0.3, -0.25) is 24.0 Å². The second-order valence-corrected chi connectivity index (χ2v) is 6.66. The Kier molecular flexibility index (Phi) is 9.46. The molecule has 1 aliphatic heterocycles. The van der Waals surface area contributed by atoms with Gasteiger partial charge in [0.05, 0.1) is 0 Å². The molecule has 27 heavy (non-hydrogen) atoms. The van der Waals surface area contributed by atoms with Gasteiger partial charge in [0.25, 0.3) is 5.79 Å². The van der Waals surface area contributed by atoms with E-state index in [4.69, 9.17) is 19.7 Å². The Morgan fingerprint density at radius 1 is 0.778 bits per heavy atom. The van der Waals surface area contributed by atoms with Gasteiger partial charge in [0.1, 0.15) is 18.6 Å². The Labute approximate surface area is 157 Å². The van der Waals surface area contributed by atoms with E-state index in [0.29, 0.717) is 18.6 Å². The van der Waals surface area contributed by atoms with E-state index >= 15 is 0 Å². The molecule has 0 unspecified atom stereocenters. The van der Waals surface area contributed by atoms with Crippen LogP contribution >= 0.6 is 0 Å². The molecule has 0 bridgehead atoms. The van der Waals surface area contributed by atoms with Crippen molar-refractivity contribution < 1.29 is 43.7 Å². The smallest absolute Gasteiger partial charge is 0.320 e. The van der Waals surface area contributed by atoms with Gasteiger partial charge in [-0.15, -0.1) is 0 Å². The molecule has 1 spiro atoms. The Morgan fingerprint density at radius 3 is 1.56 bits per heavy atom. The second kappa shape index (κ2) is 11.3. The van der Waals surface area contributed by atoms with E-state index in [1.807, 2.05) is 0 Å². The summed E-state index contributed by atoms with van der Waals surface area (Å²) in [5.74, 6) is -3.95. The third kappa shape index (κ3) is 9.72. The highest BCUT2D eigenvalue weighted by atomic mass is 16.7. The first-order valence-electron chi connectivity index (χ1n) is 9.11. The first-order valence-corrected chi connectivity index (χ1v) is 9.11. The third-order valence-corrected chi connectivity index (χ3v) is 4.22. The fourth-order valence-corrected chi connectivity index (χ4v) is 3.00. The molecule has 1 saturated heterocycles. The third-order valence-electron chi connectivity index (χ3n) is 4.22. The molecule has 2 aliphatic carbocycles. The normalized spacial score (nSPS) is 20.8. The van der Waals surface area contributed by atoms with Gasteiger partial charge in [-0.2, -0.15) is 0 Å². The highest BCUT2D eigenvalue weighted by Crippen LogP contribution is 2.35. The van der Waals surface area contributed by atoms with Crippen LogP contribution in [0.15, 0.2) is 0 Å². The Balaban J connectivity index is 0.000000223. The van der Waals surface area contributed by atoms with Gasteiger partial charge in [0.15, 0.2) is 0 Å². The van der Waals surface area contributed by atoms with Crippen LogP contribution < -0.4 is 0 Å². The minimum Gasteiger partial charge on any atom is -0.481 e. The summed E-state index contributed by atoms with van der Waals surface area (Å²) < 4.78 is 10.2.